The molecule has 1 aromatic heterocycles. The highest BCUT2D eigenvalue weighted by Gasteiger charge is 2.01. The summed E-state index contributed by atoms with van der Waals surface area (Å²) in [7, 11) is 0. The lowest BCUT2D eigenvalue weighted by Crippen LogP contribution is -2.01. The molecule has 0 aliphatic carbocycles. The van der Waals surface area contributed by atoms with Crippen molar-refractivity contribution < 1.29 is 0 Å². The van der Waals surface area contributed by atoms with Crippen LogP contribution < -0.4 is 5.43 Å². The van der Waals surface area contributed by atoms with Crippen molar-refractivity contribution in [2.45, 2.75) is 6.92 Å². The van der Waals surface area contributed by atoms with Crippen LogP contribution >= 0.6 is 11.6 Å². The van der Waals surface area contributed by atoms with E-state index in [0.717, 1.165) is 22.5 Å². The lowest BCUT2D eigenvalue weighted by molar-refractivity contribution is 1.03. The third kappa shape index (κ3) is 3.93. The largest absolute Gasteiger partial charge is 0.260 e. The smallest absolute Gasteiger partial charge is 0.168 e. The number of aromatic nitrogens is 2. The summed E-state index contributed by atoms with van der Waals surface area (Å²) in [4.78, 5) is 0. The molecule has 3 rings (SSSR count). The molecule has 0 unspecified atom stereocenters. The molecule has 0 radical (unpaired) electrons. The van der Waals surface area contributed by atoms with Gasteiger partial charge in [-0.1, -0.05) is 54.1 Å². The molecule has 0 aliphatic heterocycles. The normalized spacial score (nSPS) is 11.3. The Balaban J connectivity index is 1.71. The summed E-state index contributed by atoms with van der Waals surface area (Å²) in [5.41, 5.74) is 6.62. The lowest BCUT2D eigenvalue weighted by atomic mass is 10.1. The lowest BCUT2D eigenvalue weighted by Gasteiger charge is -2.04. The third-order valence-electron chi connectivity index (χ3n) is 3.33. The summed E-state index contributed by atoms with van der Waals surface area (Å²) in [6.45, 7) is 1.92. The van der Waals surface area contributed by atoms with Crippen LogP contribution in [0, 0.1) is 0 Å². The average Bonchev–Trinajstić information content (AvgIpc) is 2.61. The highest BCUT2D eigenvalue weighted by Crippen LogP contribution is 2.16. The van der Waals surface area contributed by atoms with Gasteiger partial charge in [-0.25, -0.2) is 0 Å². The van der Waals surface area contributed by atoms with Gasteiger partial charge in [0.15, 0.2) is 5.82 Å². The molecule has 3 aromatic rings. The first-order valence-electron chi connectivity index (χ1n) is 7.18. The van der Waals surface area contributed by atoms with Gasteiger partial charge in [0.1, 0.15) is 0 Å². The maximum atomic E-state index is 5.88. The first kappa shape index (κ1) is 15.2. The first-order chi connectivity index (χ1) is 11.2. The summed E-state index contributed by atoms with van der Waals surface area (Å²) < 4.78 is 0. The Morgan fingerprint density at radius 2 is 1.65 bits per heavy atom. The van der Waals surface area contributed by atoms with Crippen LogP contribution in [-0.2, 0) is 0 Å². The van der Waals surface area contributed by atoms with Crippen LogP contribution in [0.2, 0.25) is 5.02 Å². The van der Waals surface area contributed by atoms with Crippen molar-refractivity contribution in [3.63, 3.8) is 0 Å². The molecule has 2 aromatic carbocycles. The summed E-state index contributed by atoms with van der Waals surface area (Å²) in [6.07, 6.45) is 0. The minimum Gasteiger partial charge on any atom is -0.260 e. The quantitative estimate of drug-likeness (QED) is 0.562. The number of hydrazone groups is 1. The summed E-state index contributed by atoms with van der Waals surface area (Å²) >= 11 is 5.88. The van der Waals surface area contributed by atoms with E-state index < -0.39 is 0 Å². The molecule has 0 saturated heterocycles. The van der Waals surface area contributed by atoms with Gasteiger partial charge in [0.05, 0.1) is 11.4 Å². The Bertz CT molecular complexity index is 797. The predicted molar refractivity (Wildman–Crippen MR) is 94.8 cm³/mol. The molecule has 0 spiro atoms. The monoisotopic (exact) mass is 322 g/mol. The van der Waals surface area contributed by atoms with Gasteiger partial charge in [-0.3, -0.25) is 5.43 Å². The van der Waals surface area contributed by atoms with Crippen LogP contribution in [-0.4, -0.2) is 15.9 Å². The number of hydrogen-bond donors (Lipinski definition) is 1. The van der Waals surface area contributed by atoms with E-state index in [1.807, 2.05) is 73.7 Å². The molecule has 0 fully saturated rings. The Hall–Kier alpha value is -2.72. The Labute approximate surface area is 139 Å². The van der Waals surface area contributed by atoms with Crippen molar-refractivity contribution >= 4 is 23.1 Å². The van der Waals surface area contributed by atoms with Crippen molar-refractivity contribution in [2.24, 2.45) is 5.10 Å². The van der Waals surface area contributed by atoms with E-state index in [-0.39, 0.29) is 0 Å². The van der Waals surface area contributed by atoms with Crippen molar-refractivity contribution in [3.8, 4) is 11.3 Å². The van der Waals surface area contributed by atoms with Gasteiger partial charge >= 0.3 is 0 Å². The van der Waals surface area contributed by atoms with Gasteiger partial charge in [0.25, 0.3) is 0 Å². The fraction of sp³-hybridized carbons (Fsp3) is 0.0556. The second-order valence-corrected chi connectivity index (χ2v) is 5.42. The van der Waals surface area contributed by atoms with E-state index in [1.165, 1.54) is 0 Å². The number of halogens is 1. The van der Waals surface area contributed by atoms with E-state index in [4.69, 9.17) is 11.6 Å². The zero-order valence-electron chi connectivity index (χ0n) is 12.6. The van der Waals surface area contributed by atoms with Gasteiger partial charge in [-0.15, -0.1) is 10.2 Å². The minimum absolute atomic E-state index is 0.595. The first-order valence-corrected chi connectivity index (χ1v) is 7.55. The minimum atomic E-state index is 0.595. The molecular formula is C18H15ClN4. The molecule has 1 heterocycles. The molecule has 1 N–H and O–H groups in total. The second-order valence-electron chi connectivity index (χ2n) is 4.99. The zero-order valence-corrected chi connectivity index (χ0v) is 13.3. The van der Waals surface area contributed by atoms with Gasteiger partial charge in [0.2, 0.25) is 0 Å². The van der Waals surface area contributed by atoms with Crippen molar-refractivity contribution in [2.75, 3.05) is 5.43 Å². The molecule has 5 heteroatoms. The number of nitrogens with zero attached hydrogens (tertiary/aromatic N) is 3. The van der Waals surface area contributed by atoms with Crippen LogP contribution in [0.1, 0.15) is 12.5 Å². The van der Waals surface area contributed by atoms with Crippen LogP contribution in [0.25, 0.3) is 11.3 Å². The molecule has 4 nitrogen and oxygen atoms in total. The Kier molecular flexibility index (Phi) is 4.64. The summed E-state index contributed by atoms with van der Waals surface area (Å²) in [5, 5.41) is 13.4. The zero-order chi connectivity index (χ0) is 16.1. The molecule has 0 amide bonds. The van der Waals surface area contributed by atoms with Crippen molar-refractivity contribution in [1.29, 1.82) is 0 Å². The Morgan fingerprint density at radius 1 is 0.913 bits per heavy atom. The van der Waals surface area contributed by atoms with Crippen LogP contribution in [0.3, 0.4) is 0 Å². The van der Waals surface area contributed by atoms with Gasteiger partial charge in [-0.05, 0) is 36.8 Å². The highest BCUT2D eigenvalue weighted by atomic mass is 35.5. The number of hydrogen-bond acceptors (Lipinski definition) is 4. The third-order valence-corrected chi connectivity index (χ3v) is 3.59. The fourth-order valence-electron chi connectivity index (χ4n) is 2.05. The Morgan fingerprint density at radius 3 is 2.30 bits per heavy atom. The molecular weight excluding hydrogens is 308 g/mol. The van der Waals surface area contributed by atoms with Crippen LogP contribution in [0.5, 0.6) is 0 Å². The summed E-state index contributed by atoms with van der Waals surface area (Å²) in [5.74, 6) is 0.595. The second kappa shape index (κ2) is 7.03. The van der Waals surface area contributed by atoms with Crippen molar-refractivity contribution in [3.05, 3.63) is 77.3 Å². The van der Waals surface area contributed by atoms with E-state index in [2.05, 4.69) is 20.7 Å². The standard InChI is InChI=1S/C18H15ClN4/c1-13(14-7-9-16(19)10-8-14)20-22-18-12-11-17(21-23-18)15-5-3-2-4-6-15/h2-12H,1H3,(H,22,23). The average molecular weight is 323 g/mol. The maximum absolute atomic E-state index is 5.88. The summed E-state index contributed by atoms with van der Waals surface area (Å²) in [6, 6.07) is 21.2. The molecule has 0 atom stereocenters. The molecule has 0 aliphatic rings. The number of nitrogens with one attached hydrogen (secondary N) is 1. The number of rotatable bonds is 4. The highest BCUT2D eigenvalue weighted by molar-refractivity contribution is 6.30. The van der Waals surface area contributed by atoms with Gasteiger partial charge in [-0.2, -0.15) is 5.10 Å². The predicted octanol–water partition coefficient (Wildman–Crippen LogP) is 4.63. The van der Waals surface area contributed by atoms with E-state index in [9.17, 15) is 0 Å². The molecule has 114 valence electrons. The topological polar surface area (TPSA) is 50.2 Å². The molecule has 0 saturated carbocycles. The fourth-order valence-corrected chi connectivity index (χ4v) is 2.18. The maximum Gasteiger partial charge on any atom is 0.168 e. The van der Waals surface area contributed by atoms with E-state index in [0.29, 0.717) is 10.8 Å². The van der Waals surface area contributed by atoms with Crippen molar-refractivity contribution in [1.82, 2.24) is 10.2 Å². The number of benzene rings is 2. The van der Waals surface area contributed by atoms with E-state index in [1.54, 1.807) is 0 Å². The van der Waals surface area contributed by atoms with Crippen LogP contribution in [0.4, 0.5) is 5.82 Å². The van der Waals surface area contributed by atoms with E-state index >= 15 is 0 Å². The molecule has 0 bridgehead atoms. The SMILES string of the molecule is CC(=NNc1ccc(-c2ccccc2)nn1)c1ccc(Cl)cc1. The number of anilines is 1. The molecule has 23 heavy (non-hydrogen) atoms. The van der Waals surface area contributed by atoms with Crippen LogP contribution in [0.15, 0.2) is 71.8 Å². The van der Waals surface area contributed by atoms with Gasteiger partial charge < -0.3 is 0 Å². The van der Waals surface area contributed by atoms with Gasteiger partial charge in [0, 0.05) is 10.6 Å².